The van der Waals surface area contributed by atoms with Crippen LogP contribution in [0.1, 0.15) is 35.3 Å². The van der Waals surface area contributed by atoms with Crippen LogP contribution >= 0.6 is 11.8 Å². The van der Waals surface area contributed by atoms with E-state index in [4.69, 9.17) is 5.73 Å². The zero-order chi connectivity index (χ0) is 13.2. The van der Waals surface area contributed by atoms with Crippen molar-refractivity contribution in [1.82, 2.24) is 20.2 Å². The van der Waals surface area contributed by atoms with Crippen LogP contribution in [0, 0.1) is 6.92 Å². The average Bonchev–Trinajstić information content (AvgIpc) is 3.15. The van der Waals surface area contributed by atoms with Gasteiger partial charge in [-0.3, -0.25) is 0 Å². The number of thioether (sulfide) groups is 1. The number of hydrogen-bond donors (Lipinski definition) is 1. The molecule has 1 aliphatic carbocycles. The first-order chi connectivity index (χ1) is 9.28. The maximum absolute atomic E-state index is 5.91. The Labute approximate surface area is 116 Å². The summed E-state index contributed by atoms with van der Waals surface area (Å²) in [5.41, 5.74) is 8.40. The van der Waals surface area contributed by atoms with Gasteiger partial charge in [0, 0.05) is 11.8 Å². The minimum absolute atomic E-state index is 0.198. The fourth-order valence-electron chi connectivity index (χ4n) is 2.06. The van der Waals surface area contributed by atoms with Gasteiger partial charge in [0.05, 0.1) is 6.04 Å². The van der Waals surface area contributed by atoms with Gasteiger partial charge in [0.25, 0.3) is 0 Å². The number of nitrogens with zero attached hydrogens (tertiary/aromatic N) is 4. The van der Waals surface area contributed by atoms with Crippen molar-refractivity contribution >= 4 is 11.8 Å². The lowest BCUT2D eigenvalue weighted by Crippen LogP contribution is -2.11. The molecular weight excluding hydrogens is 258 g/mol. The number of tetrazole rings is 1. The summed E-state index contributed by atoms with van der Waals surface area (Å²) >= 11 is 1.65. The van der Waals surface area contributed by atoms with Crippen LogP contribution < -0.4 is 5.73 Å². The molecule has 5 nitrogen and oxygen atoms in total. The van der Waals surface area contributed by atoms with E-state index in [1.807, 2.05) is 4.68 Å². The quantitative estimate of drug-likeness (QED) is 0.846. The minimum Gasteiger partial charge on any atom is -0.329 e. The molecule has 0 spiro atoms. The fourth-order valence-corrected chi connectivity index (χ4v) is 3.07. The maximum Gasteiger partial charge on any atom is 0.210 e. The Bertz CT molecular complexity index is 564. The summed E-state index contributed by atoms with van der Waals surface area (Å²) in [7, 11) is 0. The summed E-state index contributed by atoms with van der Waals surface area (Å²) in [6.45, 7) is 2.67. The van der Waals surface area contributed by atoms with Crippen molar-refractivity contribution in [2.24, 2.45) is 5.73 Å². The molecule has 3 rings (SSSR count). The van der Waals surface area contributed by atoms with Gasteiger partial charge in [-0.2, -0.15) is 0 Å². The molecule has 2 aromatic rings. The minimum atomic E-state index is 0.198. The standard InChI is InChI=1S/C13H17N5S/c1-9-3-2-4-10(7-9)12(8-14)19-13-15-16-17-18(13)11-5-6-11/h2-4,7,11-12H,5-6,8,14H2,1H3. The third-order valence-corrected chi connectivity index (χ3v) is 4.46. The van der Waals surface area contributed by atoms with E-state index < -0.39 is 0 Å². The maximum atomic E-state index is 5.91. The van der Waals surface area contributed by atoms with Gasteiger partial charge in [0.2, 0.25) is 5.16 Å². The summed E-state index contributed by atoms with van der Waals surface area (Å²) in [6, 6.07) is 8.94. The van der Waals surface area contributed by atoms with E-state index in [-0.39, 0.29) is 5.25 Å². The normalized spacial score (nSPS) is 16.5. The van der Waals surface area contributed by atoms with E-state index in [1.165, 1.54) is 24.0 Å². The van der Waals surface area contributed by atoms with Gasteiger partial charge in [0.15, 0.2) is 0 Å². The van der Waals surface area contributed by atoms with E-state index in [1.54, 1.807) is 11.8 Å². The lowest BCUT2D eigenvalue weighted by Gasteiger charge is -2.14. The van der Waals surface area contributed by atoms with Crippen molar-refractivity contribution in [3.8, 4) is 0 Å². The van der Waals surface area contributed by atoms with Gasteiger partial charge in [-0.05, 0) is 35.8 Å². The van der Waals surface area contributed by atoms with Gasteiger partial charge >= 0.3 is 0 Å². The Kier molecular flexibility index (Phi) is 3.52. The Morgan fingerprint density at radius 3 is 3.00 bits per heavy atom. The molecular formula is C13H17N5S. The van der Waals surface area contributed by atoms with Crippen LogP contribution in [0.15, 0.2) is 29.4 Å². The van der Waals surface area contributed by atoms with Crippen LogP contribution in [0.5, 0.6) is 0 Å². The lowest BCUT2D eigenvalue weighted by molar-refractivity contribution is 0.564. The molecule has 1 aliphatic rings. The molecule has 100 valence electrons. The highest BCUT2D eigenvalue weighted by Crippen LogP contribution is 2.40. The number of benzene rings is 1. The molecule has 0 aliphatic heterocycles. The van der Waals surface area contributed by atoms with Crippen molar-refractivity contribution in [1.29, 1.82) is 0 Å². The molecule has 1 unspecified atom stereocenters. The number of aromatic nitrogens is 4. The molecule has 1 saturated carbocycles. The second kappa shape index (κ2) is 5.30. The Morgan fingerprint density at radius 1 is 1.47 bits per heavy atom. The molecule has 1 atom stereocenters. The number of hydrogen-bond acceptors (Lipinski definition) is 5. The van der Waals surface area contributed by atoms with Crippen LogP contribution in [0.2, 0.25) is 0 Å². The van der Waals surface area contributed by atoms with E-state index in [2.05, 4.69) is 46.7 Å². The van der Waals surface area contributed by atoms with Gasteiger partial charge in [-0.25, -0.2) is 4.68 Å². The van der Waals surface area contributed by atoms with Gasteiger partial charge in [-0.1, -0.05) is 41.6 Å². The molecule has 1 fully saturated rings. The van der Waals surface area contributed by atoms with Crippen molar-refractivity contribution in [2.75, 3.05) is 6.54 Å². The molecule has 1 aromatic carbocycles. The van der Waals surface area contributed by atoms with E-state index in [9.17, 15) is 0 Å². The van der Waals surface area contributed by atoms with Crippen LogP contribution in [0.3, 0.4) is 0 Å². The molecule has 0 radical (unpaired) electrons. The topological polar surface area (TPSA) is 69.6 Å². The molecule has 6 heteroatoms. The summed E-state index contributed by atoms with van der Waals surface area (Å²) in [5, 5.41) is 13.0. The van der Waals surface area contributed by atoms with E-state index in [0.29, 0.717) is 12.6 Å². The summed E-state index contributed by atoms with van der Waals surface area (Å²) in [4.78, 5) is 0. The van der Waals surface area contributed by atoms with Crippen molar-refractivity contribution in [3.63, 3.8) is 0 Å². The average molecular weight is 275 g/mol. The zero-order valence-electron chi connectivity index (χ0n) is 10.9. The smallest absolute Gasteiger partial charge is 0.210 e. The Hall–Kier alpha value is -1.40. The predicted molar refractivity (Wildman–Crippen MR) is 74.9 cm³/mol. The van der Waals surface area contributed by atoms with Crippen LogP contribution in [-0.4, -0.2) is 26.8 Å². The molecule has 2 N–H and O–H groups in total. The SMILES string of the molecule is Cc1cccc(C(CN)Sc2nnnn2C2CC2)c1. The second-order valence-corrected chi connectivity index (χ2v) is 6.06. The van der Waals surface area contributed by atoms with Gasteiger partial charge in [-0.15, -0.1) is 5.10 Å². The molecule has 0 amide bonds. The third-order valence-electron chi connectivity index (χ3n) is 3.23. The van der Waals surface area contributed by atoms with Crippen molar-refractivity contribution in [2.45, 2.75) is 36.2 Å². The number of nitrogens with two attached hydrogens (primary N) is 1. The largest absolute Gasteiger partial charge is 0.329 e. The second-order valence-electron chi connectivity index (χ2n) is 4.89. The monoisotopic (exact) mass is 275 g/mol. The van der Waals surface area contributed by atoms with Crippen molar-refractivity contribution in [3.05, 3.63) is 35.4 Å². The van der Waals surface area contributed by atoms with Gasteiger partial charge < -0.3 is 5.73 Å². The summed E-state index contributed by atoms with van der Waals surface area (Å²) in [6.07, 6.45) is 2.35. The highest BCUT2D eigenvalue weighted by Gasteiger charge is 2.29. The molecule has 0 bridgehead atoms. The van der Waals surface area contributed by atoms with Gasteiger partial charge in [0.1, 0.15) is 0 Å². The van der Waals surface area contributed by atoms with E-state index in [0.717, 1.165) is 5.16 Å². The van der Waals surface area contributed by atoms with Crippen LogP contribution in [0.25, 0.3) is 0 Å². The van der Waals surface area contributed by atoms with Crippen LogP contribution in [0.4, 0.5) is 0 Å². The highest BCUT2D eigenvalue weighted by atomic mass is 32.2. The van der Waals surface area contributed by atoms with Crippen molar-refractivity contribution < 1.29 is 0 Å². The molecule has 19 heavy (non-hydrogen) atoms. The first kappa shape index (κ1) is 12.6. The predicted octanol–water partition coefficient (Wildman–Crippen LogP) is 2.11. The van der Waals surface area contributed by atoms with Crippen LogP contribution in [-0.2, 0) is 0 Å². The Morgan fingerprint density at radius 2 is 2.32 bits per heavy atom. The van der Waals surface area contributed by atoms with E-state index >= 15 is 0 Å². The molecule has 1 aromatic heterocycles. The fraction of sp³-hybridized carbons (Fsp3) is 0.462. The Balaban J connectivity index is 1.81. The summed E-state index contributed by atoms with van der Waals surface area (Å²) < 4.78 is 1.93. The number of aryl methyl sites for hydroxylation is 1. The zero-order valence-corrected chi connectivity index (χ0v) is 11.7. The highest BCUT2D eigenvalue weighted by molar-refractivity contribution is 7.99. The first-order valence-corrected chi connectivity index (χ1v) is 7.37. The molecule has 1 heterocycles. The molecule has 0 saturated heterocycles. The third kappa shape index (κ3) is 2.79. The number of rotatable bonds is 5. The summed E-state index contributed by atoms with van der Waals surface area (Å²) in [5.74, 6) is 0. The lowest BCUT2D eigenvalue weighted by atomic mass is 10.1. The first-order valence-electron chi connectivity index (χ1n) is 6.49.